The van der Waals surface area contributed by atoms with E-state index in [0.29, 0.717) is 23.4 Å². The van der Waals surface area contributed by atoms with Crippen LogP contribution in [0.5, 0.6) is 11.5 Å². The number of nitrogens with one attached hydrogen (secondary N) is 1. The number of hydrogen-bond acceptors (Lipinski definition) is 4. The third-order valence-corrected chi connectivity index (χ3v) is 3.59. The van der Waals surface area contributed by atoms with Crippen molar-refractivity contribution in [2.75, 3.05) is 7.11 Å². The van der Waals surface area contributed by atoms with Crippen LogP contribution in [0.2, 0.25) is 0 Å². The highest BCUT2D eigenvalue weighted by atomic mass is 19.1. The maximum absolute atomic E-state index is 12.9. The van der Waals surface area contributed by atoms with E-state index in [2.05, 4.69) is 5.32 Å². The molecule has 0 bridgehead atoms. The normalized spacial score (nSPS) is 13.6. The van der Waals surface area contributed by atoms with Crippen molar-refractivity contribution in [3.05, 3.63) is 59.4 Å². The predicted octanol–water partition coefficient (Wildman–Crippen LogP) is 2.75. The van der Waals surface area contributed by atoms with Gasteiger partial charge in [-0.3, -0.25) is 0 Å². The first-order valence-electron chi connectivity index (χ1n) is 7.04. The number of halogens is 1. The molecule has 0 amide bonds. The molecule has 2 aromatic carbocycles. The Morgan fingerprint density at radius 2 is 1.86 bits per heavy atom. The van der Waals surface area contributed by atoms with Gasteiger partial charge in [-0.05, 0) is 42.8 Å². The summed E-state index contributed by atoms with van der Waals surface area (Å²) in [6.07, 6.45) is -0.770. The zero-order chi connectivity index (χ0) is 16.1. The van der Waals surface area contributed by atoms with Crippen molar-refractivity contribution in [3.63, 3.8) is 0 Å². The van der Waals surface area contributed by atoms with Gasteiger partial charge in [-0.1, -0.05) is 12.1 Å². The zero-order valence-electron chi connectivity index (χ0n) is 12.6. The Balaban J connectivity index is 2.00. The van der Waals surface area contributed by atoms with Crippen LogP contribution in [0.1, 0.15) is 24.2 Å². The van der Waals surface area contributed by atoms with Gasteiger partial charge < -0.3 is 20.3 Å². The summed E-state index contributed by atoms with van der Waals surface area (Å²) in [7, 11) is 1.56. The number of methoxy groups -OCH3 is 1. The lowest BCUT2D eigenvalue weighted by Crippen LogP contribution is -2.31. The molecule has 2 unspecified atom stereocenters. The number of aromatic hydroxyl groups is 1. The SMILES string of the molecule is COc1ccc(O)c(CNC(C)C(O)c2ccc(F)cc2)c1. The van der Waals surface area contributed by atoms with Gasteiger partial charge in [-0.25, -0.2) is 4.39 Å². The number of benzene rings is 2. The summed E-state index contributed by atoms with van der Waals surface area (Å²) < 4.78 is 18.0. The molecule has 0 aromatic heterocycles. The number of aliphatic hydroxyl groups excluding tert-OH is 1. The molecule has 0 spiro atoms. The highest BCUT2D eigenvalue weighted by Gasteiger charge is 2.16. The number of phenolic OH excluding ortho intramolecular Hbond substituents is 1. The largest absolute Gasteiger partial charge is 0.508 e. The molecule has 0 aliphatic rings. The molecule has 4 nitrogen and oxygen atoms in total. The first kappa shape index (κ1) is 16.3. The lowest BCUT2D eigenvalue weighted by Gasteiger charge is -2.21. The predicted molar refractivity (Wildman–Crippen MR) is 82.3 cm³/mol. The molecule has 0 aliphatic heterocycles. The first-order chi connectivity index (χ1) is 10.5. The summed E-state index contributed by atoms with van der Waals surface area (Å²) in [6, 6.07) is 10.5. The van der Waals surface area contributed by atoms with Crippen molar-refractivity contribution < 1.29 is 19.3 Å². The molecule has 0 heterocycles. The van der Waals surface area contributed by atoms with Gasteiger partial charge in [0.25, 0.3) is 0 Å². The summed E-state index contributed by atoms with van der Waals surface area (Å²) in [5.41, 5.74) is 1.31. The minimum absolute atomic E-state index is 0.164. The van der Waals surface area contributed by atoms with Crippen LogP contribution in [0.3, 0.4) is 0 Å². The van der Waals surface area contributed by atoms with E-state index in [1.165, 1.54) is 12.1 Å². The Labute approximate surface area is 129 Å². The number of aliphatic hydroxyl groups is 1. The van der Waals surface area contributed by atoms with Gasteiger partial charge in [0.15, 0.2) is 0 Å². The van der Waals surface area contributed by atoms with Crippen molar-refractivity contribution in [1.29, 1.82) is 0 Å². The summed E-state index contributed by atoms with van der Waals surface area (Å²) >= 11 is 0. The van der Waals surface area contributed by atoms with Gasteiger partial charge in [-0.2, -0.15) is 0 Å². The average molecular weight is 305 g/mol. The summed E-state index contributed by atoms with van der Waals surface area (Å²) in [4.78, 5) is 0. The molecule has 2 aromatic rings. The van der Waals surface area contributed by atoms with Crippen molar-refractivity contribution in [2.24, 2.45) is 0 Å². The smallest absolute Gasteiger partial charge is 0.123 e. The molecule has 2 atom stereocenters. The molecule has 0 aliphatic carbocycles. The molecule has 0 radical (unpaired) electrons. The van der Waals surface area contributed by atoms with E-state index in [1.807, 2.05) is 6.92 Å². The highest BCUT2D eigenvalue weighted by molar-refractivity contribution is 5.39. The van der Waals surface area contributed by atoms with Crippen LogP contribution in [0.15, 0.2) is 42.5 Å². The molecule has 2 rings (SSSR count). The van der Waals surface area contributed by atoms with Crippen molar-refractivity contribution >= 4 is 0 Å². The molecular formula is C17H20FNO3. The Bertz CT molecular complexity index is 616. The Hall–Kier alpha value is -2.11. The fourth-order valence-corrected chi connectivity index (χ4v) is 2.16. The lowest BCUT2D eigenvalue weighted by molar-refractivity contribution is 0.135. The third-order valence-electron chi connectivity index (χ3n) is 3.59. The van der Waals surface area contributed by atoms with E-state index in [4.69, 9.17) is 4.74 Å². The molecule has 0 saturated heterocycles. The molecule has 0 fully saturated rings. The Morgan fingerprint density at radius 3 is 2.50 bits per heavy atom. The standard InChI is InChI=1S/C17H20FNO3/c1-11(17(21)12-3-5-14(18)6-4-12)19-10-13-9-15(22-2)7-8-16(13)20/h3-9,11,17,19-21H,10H2,1-2H3. The fourth-order valence-electron chi connectivity index (χ4n) is 2.16. The van der Waals surface area contributed by atoms with E-state index in [-0.39, 0.29) is 17.6 Å². The van der Waals surface area contributed by atoms with Gasteiger partial charge >= 0.3 is 0 Å². The highest BCUT2D eigenvalue weighted by Crippen LogP contribution is 2.23. The first-order valence-corrected chi connectivity index (χ1v) is 7.04. The average Bonchev–Trinajstić information content (AvgIpc) is 2.54. The van der Waals surface area contributed by atoms with Gasteiger partial charge in [0.2, 0.25) is 0 Å². The fraction of sp³-hybridized carbons (Fsp3) is 0.294. The number of hydrogen-bond donors (Lipinski definition) is 3. The minimum Gasteiger partial charge on any atom is -0.508 e. The summed E-state index contributed by atoms with van der Waals surface area (Å²) in [5, 5.41) is 23.2. The van der Waals surface area contributed by atoms with Gasteiger partial charge in [0.05, 0.1) is 13.2 Å². The molecule has 3 N–H and O–H groups in total. The van der Waals surface area contributed by atoms with E-state index in [0.717, 1.165) is 0 Å². The number of rotatable bonds is 6. The van der Waals surface area contributed by atoms with E-state index >= 15 is 0 Å². The molecular weight excluding hydrogens is 285 g/mol. The van der Waals surface area contributed by atoms with E-state index < -0.39 is 6.10 Å². The van der Waals surface area contributed by atoms with Crippen molar-refractivity contribution in [3.8, 4) is 11.5 Å². The molecule has 5 heteroatoms. The van der Waals surface area contributed by atoms with Crippen LogP contribution in [-0.4, -0.2) is 23.4 Å². The van der Waals surface area contributed by atoms with E-state index in [1.54, 1.807) is 37.4 Å². The topological polar surface area (TPSA) is 61.7 Å². The number of ether oxygens (including phenoxy) is 1. The third kappa shape index (κ3) is 3.96. The quantitative estimate of drug-likeness (QED) is 0.768. The van der Waals surface area contributed by atoms with Crippen LogP contribution in [0.4, 0.5) is 4.39 Å². The second-order valence-corrected chi connectivity index (χ2v) is 5.16. The summed E-state index contributed by atoms with van der Waals surface area (Å²) in [6.45, 7) is 2.20. The molecule has 118 valence electrons. The lowest BCUT2D eigenvalue weighted by atomic mass is 10.0. The Morgan fingerprint density at radius 1 is 1.18 bits per heavy atom. The van der Waals surface area contributed by atoms with Crippen LogP contribution in [0, 0.1) is 5.82 Å². The summed E-state index contributed by atoms with van der Waals surface area (Å²) in [5.74, 6) is 0.482. The van der Waals surface area contributed by atoms with Gasteiger partial charge in [-0.15, -0.1) is 0 Å². The minimum atomic E-state index is -0.770. The van der Waals surface area contributed by atoms with Gasteiger partial charge in [0.1, 0.15) is 17.3 Å². The van der Waals surface area contributed by atoms with E-state index in [9.17, 15) is 14.6 Å². The maximum atomic E-state index is 12.9. The number of phenols is 1. The zero-order valence-corrected chi connectivity index (χ0v) is 12.6. The van der Waals surface area contributed by atoms with Crippen LogP contribution >= 0.6 is 0 Å². The van der Waals surface area contributed by atoms with Crippen LogP contribution in [-0.2, 0) is 6.54 Å². The maximum Gasteiger partial charge on any atom is 0.123 e. The van der Waals surface area contributed by atoms with Gasteiger partial charge in [0, 0.05) is 18.2 Å². The second kappa shape index (κ2) is 7.24. The second-order valence-electron chi connectivity index (χ2n) is 5.16. The van der Waals surface area contributed by atoms with Crippen molar-refractivity contribution in [2.45, 2.75) is 25.6 Å². The monoisotopic (exact) mass is 305 g/mol. The van der Waals surface area contributed by atoms with Crippen LogP contribution in [0.25, 0.3) is 0 Å². The van der Waals surface area contributed by atoms with Crippen molar-refractivity contribution in [1.82, 2.24) is 5.32 Å². The van der Waals surface area contributed by atoms with Crippen LogP contribution < -0.4 is 10.1 Å². The molecule has 0 saturated carbocycles. The molecule has 22 heavy (non-hydrogen) atoms. The Kier molecular flexibility index (Phi) is 5.35.